The Balaban J connectivity index is 2.40. The van der Waals surface area contributed by atoms with Gasteiger partial charge in [0.05, 0.1) is 37.5 Å². The summed E-state index contributed by atoms with van der Waals surface area (Å²) in [5, 5.41) is 13.1. The molecule has 2 heterocycles. The normalized spacial score (nSPS) is 11.0. The Labute approximate surface area is 134 Å². The maximum atomic E-state index is 11.5. The molecular formula is C14H8Cl2N2O2S. The Hall–Kier alpha value is -1.69. The van der Waals surface area contributed by atoms with Gasteiger partial charge in [-0.15, -0.1) is 11.3 Å². The molecule has 3 rings (SSSR count). The van der Waals surface area contributed by atoms with Crippen molar-refractivity contribution in [1.29, 1.82) is 0 Å². The Morgan fingerprint density at radius 2 is 1.90 bits per heavy atom. The number of nitrogens with zero attached hydrogens (tertiary/aromatic N) is 2. The van der Waals surface area contributed by atoms with Gasteiger partial charge in [-0.25, -0.2) is 14.8 Å². The van der Waals surface area contributed by atoms with Gasteiger partial charge in [-0.3, -0.25) is 0 Å². The van der Waals surface area contributed by atoms with Crippen molar-refractivity contribution in [2.75, 3.05) is 0 Å². The molecule has 0 aliphatic rings. The first-order valence-corrected chi connectivity index (χ1v) is 7.55. The molecule has 0 fully saturated rings. The molecule has 0 radical (unpaired) electrons. The number of halogens is 2. The molecule has 0 aliphatic carbocycles. The van der Waals surface area contributed by atoms with E-state index in [2.05, 4.69) is 9.97 Å². The van der Waals surface area contributed by atoms with Crippen LogP contribution in [0.4, 0.5) is 0 Å². The van der Waals surface area contributed by atoms with Gasteiger partial charge < -0.3 is 5.11 Å². The monoisotopic (exact) mass is 338 g/mol. The van der Waals surface area contributed by atoms with Gasteiger partial charge in [-0.1, -0.05) is 23.2 Å². The predicted octanol–water partition coefficient (Wildman–Crippen LogP) is 4.67. The van der Waals surface area contributed by atoms with Gasteiger partial charge in [0.1, 0.15) is 0 Å². The highest BCUT2D eigenvalue weighted by Crippen LogP contribution is 2.34. The second kappa shape index (κ2) is 5.26. The van der Waals surface area contributed by atoms with Crippen molar-refractivity contribution >= 4 is 51.4 Å². The molecule has 3 aromatic rings. The van der Waals surface area contributed by atoms with Crippen molar-refractivity contribution in [1.82, 2.24) is 9.97 Å². The fraction of sp³-hybridized carbons (Fsp3) is 0.0714. The summed E-state index contributed by atoms with van der Waals surface area (Å²) in [6, 6.07) is 4.63. The topological polar surface area (TPSA) is 63.1 Å². The van der Waals surface area contributed by atoms with Crippen LogP contribution < -0.4 is 0 Å². The van der Waals surface area contributed by atoms with Crippen molar-refractivity contribution in [2.24, 2.45) is 0 Å². The standard InChI is InChI=1S/C14H8Cl2N2O2S/c1-6-17-11(5-21-6)10-4-7(14(19)20)12-8(15)2-3-9(16)13(12)18-10/h2-5H,1H3,(H,19,20). The molecule has 0 unspecified atom stereocenters. The zero-order chi connectivity index (χ0) is 15.1. The summed E-state index contributed by atoms with van der Waals surface area (Å²) in [6.45, 7) is 1.87. The van der Waals surface area contributed by atoms with Crippen LogP contribution in [0.25, 0.3) is 22.3 Å². The largest absolute Gasteiger partial charge is 0.478 e. The summed E-state index contributed by atoms with van der Waals surface area (Å²) in [4.78, 5) is 20.3. The van der Waals surface area contributed by atoms with Crippen LogP contribution in [0.15, 0.2) is 23.6 Å². The van der Waals surface area contributed by atoms with Crippen molar-refractivity contribution in [2.45, 2.75) is 6.92 Å². The maximum Gasteiger partial charge on any atom is 0.336 e. The summed E-state index contributed by atoms with van der Waals surface area (Å²) in [5.74, 6) is -1.08. The third-order valence-electron chi connectivity index (χ3n) is 2.97. The molecule has 1 aromatic carbocycles. The van der Waals surface area contributed by atoms with E-state index in [1.165, 1.54) is 17.4 Å². The van der Waals surface area contributed by atoms with E-state index in [9.17, 15) is 9.90 Å². The van der Waals surface area contributed by atoms with Crippen LogP contribution in [0.2, 0.25) is 10.0 Å². The lowest BCUT2D eigenvalue weighted by atomic mass is 10.1. The Morgan fingerprint density at radius 1 is 1.19 bits per heavy atom. The highest BCUT2D eigenvalue weighted by Gasteiger charge is 2.18. The first-order valence-electron chi connectivity index (χ1n) is 5.92. The van der Waals surface area contributed by atoms with Crippen molar-refractivity contribution < 1.29 is 9.90 Å². The fourth-order valence-corrected chi connectivity index (χ4v) is 3.11. The molecule has 1 N–H and O–H groups in total. The molecule has 0 saturated heterocycles. The molecular weight excluding hydrogens is 331 g/mol. The van der Waals surface area contributed by atoms with E-state index in [-0.39, 0.29) is 5.56 Å². The number of carboxylic acids is 1. The quantitative estimate of drug-likeness (QED) is 0.737. The van der Waals surface area contributed by atoms with Crippen LogP contribution in [-0.2, 0) is 0 Å². The average Bonchev–Trinajstić information content (AvgIpc) is 2.88. The average molecular weight is 339 g/mol. The lowest BCUT2D eigenvalue weighted by Gasteiger charge is -2.08. The van der Waals surface area contributed by atoms with Gasteiger partial charge >= 0.3 is 5.97 Å². The van der Waals surface area contributed by atoms with Crippen molar-refractivity contribution in [3.8, 4) is 11.4 Å². The fourth-order valence-electron chi connectivity index (χ4n) is 2.05. The Bertz CT molecular complexity index is 877. The number of hydrogen-bond acceptors (Lipinski definition) is 4. The van der Waals surface area contributed by atoms with E-state index < -0.39 is 5.97 Å². The zero-order valence-electron chi connectivity index (χ0n) is 10.7. The van der Waals surface area contributed by atoms with Crippen LogP contribution >= 0.6 is 34.5 Å². The minimum absolute atomic E-state index is 0.0631. The smallest absolute Gasteiger partial charge is 0.336 e. The summed E-state index contributed by atoms with van der Waals surface area (Å²) in [6.07, 6.45) is 0. The van der Waals surface area contributed by atoms with E-state index in [1.807, 2.05) is 12.3 Å². The number of aromatic carboxylic acids is 1. The van der Waals surface area contributed by atoms with Gasteiger partial charge in [0.15, 0.2) is 0 Å². The van der Waals surface area contributed by atoms with Crippen LogP contribution in [0.5, 0.6) is 0 Å². The second-order valence-electron chi connectivity index (χ2n) is 4.36. The number of fused-ring (bicyclic) bond motifs is 1. The summed E-state index contributed by atoms with van der Waals surface area (Å²) >= 11 is 13.7. The lowest BCUT2D eigenvalue weighted by Crippen LogP contribution is -2.01. The number of hydrogen-bond donors (Lipinski definition) is 1. The second-order valence-corrected chi connectivity index (χ2v) is 6.24. The van der Waals surface area contributed by atoms with Crippen molar-refractivity contribution in [3.05, 3.63) is 44.2 Å². The number of thiazole rings is 1. The third-order valence-corrected chi connectivity index (χ3v) is 4.37. The predicted molar refractivity (Wildman–Crippen MR) is 84.6 cm³/mol. The number of aromatic nitrogens is 2. The van der Waals surface area contributed by atoms with E-state index >= 15 is 0 Å². The molecule has 0 saturated carbocycles. The molecule has 0 aliphatic heterocycles. The molecule has 7 heteroatoms. The molecule has 0 bridgehead atoms. The number of carboxylic acid groups (broad SMARTS) is 1. The zero-order valence-corrected chi connectivity index (χ0v) is 13.1. The minimum atomic E-state index is -1.08. The van der Waals surface area contributed by atoms with Crippen LogP contribution in [-0.4, -0.2) is 21.0 Å². The van der Waals surface area contributed by atoms with Crippen LogP contribution in [0.1, 0.15) is 15.4 Å². The van der Waals surface area contributed by atoms with E-state index in [1.54, 1.807) is 12.1 Å². The highest BCUT2D eigenvalue weighted by molar-refractivity contribution is 7.09. The number of aryl methyl sites for hydroxylation is 1. The number of rotatable bonds is 2. The Kier molecular flexibility index (Phi) is 3.57. The highest BCUT2D eigenvalue weighted by atomic mass is 35.5. The van der Waals surface area contributed by atoms with Gasteiger partial charge in [0.25, 0.3) is 0 Å². The van der Waals surface area contributed by atoms with Crippen LogP contribution in [0, 0.1) is 6.92 Å². The summed E-state index contributed by atoms with van der Waals surface area (Å²) < 4.78 is 0. The minimum Gasteiger partial charge on any atom is -0.478 e. The number of pyridine rings is 1. The first-order chi connectivity index (χ1) is 9.97. The molecule has 4 nitrogen and oxygen atoms in total. The molecule has 2 aromatic heterocycles. The van der Waals surface area contributed by atoms with Gasteiger partial charge in [-0.05, 0) is 25.1 Å². The number of benzene rings is 1. The lowest BCUT2D eigenvalue weighted by molar-refractivity contribution is 0.0699. The van der Waals surface area contributed by atoms with Crippen LogP contribution in [0.3, 0.4) is 0 Å². The molecule has 106 valence electrons. The maximum absolute atomic E-state index is 11.5. The third kappa shape index (κ3) is 2.48. The van der Waals surface area contributed by atoms with E-state index in [4.69, 9.17) is 23.2 Å². The van der Waals surface area contributed by atoms with Gasteiger partial charge in [-0.2, -0.15) is 0 Å². The first kappa shape index (κ1) is 14.3. The summed E-state index contributed by atoms with van der Waals surface area (Å²) in [5.41, 5.74) is 1.52. The van der Waals surface area contributed by atoms with E-state index in [0.717, 1.165) is 5.01 Å². The molecule has 21 heavy (non-hydrogen) atoms. The number of carbonyl (C=O) groups is 1. The van der Waals surface area contributed by atoms with Gasteiger partial charge in [0.2, 0.25) is 0 Å². The molecule has 0 amide bonds. The summed E-state index contributed by atoms with van der Waals surface area (Å²) in [7, 11) is 0. The Morgan fingerprint density at radius 3 is 2.52 bits per heavy atom. The van der Waals surface area contributed by atoms with Gasteiger partial charge in [0, 0.05) is 10.8 Å². The van der Waals surface area contributed by atoms with Crippen molar-refractivity contribution in [3.63, 3.8) is 0 Å². The SMILES string of the molecule is Cc1nc(-c2cc(C(=O)O)c3c(Cl)ccc(Cl)c3n2)cs1. The van der Waals surface area contributed by atoms with E-state index in [0.29, 0.717) is 32.3 Å². The molecule has 0 atom stereocenters. The molecule has 0 spiro atoms.